The minimum absolute atomic E-state index is 0.280. The van der Waals surface area contributed by atoms with Crippen LogP contribution in [-0.2, 0) is 35.4 Å². The number of hydrogen-bond acceptors (Lipinski definition) is 6. The van der Waals surface area contributed by atoms with Crippen molar-refractivity contribution in [2.75, 3.05) is 27.3 Å². The summed E-state index contributed by atoms with van der Waals surface area (Å²) >= 11 is 12.4. The Morgan fingerprint density at radius 3 is 1.77 bits per heavy atom. The Morgan fingerprint density at radius 1 is 0.725 bits per heavy atom. The van der Waals surface area contributed by atoms with Gasteiger partial charge in [0.25, 0.3) is 0 Å². The summed E-state index contributed by atoms with van der Waals surface area (Å²) in [6, 6.07) is 7.69. The number of benzene rings is 2. The zero-order valence-electron chi connectivity index (χ0n) is 24.7. The number of rotatable bonds is 2. The fourth-order valence-electron chi connectivity index (χ4n) is 4.41. The third-order valence-corrected chi connectivity index (χ3v) is 7.02. The largest absolute Gasteiger partial charge is 0.495 e. The zero-order valence-corrected chi connectivity index (χ0v) is 26.2. The van der Waals surface area contributed by atoms with Crippen LogP contribution in [0.15, 0.2) is 24.3 Å². The molecule has 40 heavy (non-hydrogen) atoms. The summed E-state index contributed by atoms with van der Waals surface area (Å²) in [5.74, 6) is 1.27. The Labute approximate surface area is 247 Å². The van der Waals surface area contributed by atoms with Crippen LogP contribution in [0.3, 0.4) is 0 Å². The highest BCUT2D eigenvalue weighted by Gasteiger charge is 2.28. The van der Waals surface area contributed by atoms with Crippen LogP contribution in [0.25, 0.3) is 0 Å². The molecule has 0 aliphatic carbocycles. The molecule has 0 saturated heterocycles. The van der Waals surface area contributed by atoms with Crippen molar-refractivity contribution in [2.45, 2.75) is 78.7 Å². The van der Waals surface area contributed by atoms with Gasteiger partial charge in [0, 0.05) is 19.6 Å². The molecular formula is C30H40Cl2N2O6. The molecule has 0 N–H and O–H groups in total. The van der Waals surface area contributed by atoms with E-state index in [0.717, 1.165) is 35.1 Å². The number of nitrogens with zero attached hydrogens (tertiary/aromatic N) is 2. The first-order valence-electron chi connectivity index (χ1n) is 13.3. The Kier molecular flexibility index (Phi) is 10.1. The molecule has 8 nitrogen and oxygen atoms in total. The summed E-state index contributed by atoms with van der Waals surface area (Å²) in [6.07, 6.45) is 0.968. The van der Waals surface area contributed by atoms with Crippen LogP contribution in [0.1, 0.15) is 63.8 Å². The van der Waals surface area contributed by atoms with Crippen molar-refractivity contribution in [2.24, 2.45) is 0 Å². The number of ether oxygens (including phenoxy) is 4. The van der Waals surface area contributed by atoms with Gasteiger partial charge in [0.15, 0.2) is 0 Å². The molecule has 2 aliphatic rings. The SMILES string of the molecule is COc1cc2c(cc1Cl)CCN(C(=O)OC(C)(C)C)C2.COc1ccc2c(c1Cl)CN(C(=O)OC(C)(C)C)CC2. The first kappa shape index (κ1) is 31.7. The smallest absolute Gasteiger partial charge is 0.410 e. The van der Waals surface area contributed by atoms with Crippen LogP contribution in [0.4, 0.5) is 9.59 Å². The Balaban J connectivity index is 0.000000220. The summed E-state index contributed by atoms with van der Waals surface area (Å²) in [7, 11) is 3.17. The molecule has 0 saturated carbocycles. The molecule has 0 bridgehead atoms. The normalized spacial score (nSPS) is 14.8. The average Bonchev–Trinajstić information content (AvgIpc) is 2.86. The predicted octanol–water partition coefficient (Wildman–Crippen LogP) is 7.28. The highest BCUT2D eigenvalue weighted by atomic mass is 35.5. The maximum absolute atomic E-state index is 12.1. The number of carbonyl (C=O) groups is 2. The molecule has 0 unspecified atom stereocenters. The maximum atomic E-state index is 12.1. The molecule has 2 aliphatic heterocycles. The topological polar surface area (TPSA) is 77.5 Å². The van der Waals surface area contributed by atoms with Gasteiger partial charge in [-0.2, -0.15) is 0 Å². The number of methoxy groups -OCH3 is 2. The molecule has 220 valence electrons. The summed E-state index contributed by atoms with van der Waals surface area (Å²) in [5.41, 5.74) is 3.36. The highest BCUT2D eigenvalue weighted by molar-refractivity contribution is 6.33. The van der Waals surface area contributed by atoms with Gasteiger partial charge in [0.1, 0.15) is 22.7 Å². The van der Waals surface area contributed by atoms with Crippen LogP contribution in [0, 0.1) is 0 Å². The summed E-state index contributed by atoms with van der Waals surface area (Å²) in [4.78, 5) is 27.6. The van der Waals surface area contributed by atoms with Crippen LogP contribution >= 0.6 is 23.2 Å². The lowest BCUT2D eigenvalue weighted by molar-refractivity contribution is 0.0213. The van der Waals surface area contributed by atoms with E-state index >= 15 is 0 Å². The second-order valence-corrected chi connectivity index (χ2v) is 12.6. The minimum atomic E-state index is -0.491. The van der Waals surface area contributed by atoms with Crippen molar-refractivity contribution in [1.82, 2.24) is 9.80 Å². The number of fused-ring (bicyclic) bond motifs is 2. The summed E-state index contributed by atoms with van der Waals surface area (Å²) in [5, 5.41) is 1.19. The molecule has 0 atom stereocenters. The quantitative estimate of drug-likeness (QED) is 0.363. The van der Waals surface area contributed by atoms with Crippen molar-refractivity contribution in [1.29, 1.82) is 0 Å². The van der Waals surface area contributed by atoms with E-state index < -0.39 is 11.2 Å². The average molecular weight is 596 g/mol. The predicted molar refractivity (Wildman–Crippen MR) is 157 cm³/mol. The second kappa shape index (κ2) is 12.8. The summed E-state index contributed by atoms with van der Waals surface area (Å²) < 4.78 is 21.2. The highest BCUT2D eigenvalue weighted by Crippen LogP contribution is 2.34. The maximum Gasteiger partial charge on any atom is 0.410 e. The van der Waals surface area contributed by atoms with Gasteiger partial charge in [-0.25, -0.2) is 9.59 Å². The van der Waals surface area contributed by atoms with Crippen molar-refractivity contribution >= 4 is 35.4 Å². The third-order valence-electron chi connectivity index (χ3n) is 6.31. The molecule has 2 aromatic rings. The van der Waals surface area contributed by atoms with E-state index in [1.54, 1.807) is 24.0 Å². The summed E-state index contributed by atoms with van der Waals surface area (Å²) in [6.45, 7) is 13.5. The van der Waals surface area contributed by atoms with Gasteiger partial charge in [-0.05, 0) is 94.8 Å². The molecular weight excluding hydrogens is 555 g/mol. The van der Waals surface area contributed by atoms with Gasteiger partial charge >= 0.3 is 12.2 Å². The van der Waals surface area contributed by atoms with E-state index in [1.807, 2.05) is 65.8 Å². The molecule has 2 heterocycles. The van der Waals surface area contributed by atoms with Gasteiger partial charge in [-0.1, -0.05) is 29.3 Å². The van der Waals surface area contributed by atoms with Crippen LogP contribution < -0.4 is 9.47 Å². The molecule has 4 rings (SSSR count). The van der Waals surface area contributed by atoms with Crippen LogP contribution in [0.2, 0.25) is 10.0 Å². The minimum Gasteiger partial charge on any atom is -0.495 e. The molecule has 2 amide bonds. The van der Waals surface area contributed by atoms with Gasteiger partial charge in [-0.3, -0.25) is 0 Å². The Bertz CT molecular complexity index is 1230. The Hall–Kier alpha value is -2.84. The van der Waals surface area contributed by atoms with Crippen molar-refractivity contribution in [3.8, 4) is 11.5 Å². The molecule has 0 radical (unpaired) electrons. The van der Waals surface area contributed by atoms with E-state index in [0.29, 0.717) is 47.7 Å². The van der Waals surface area contributed by atoms with Gasteiger partial charge < -0.3 is 28.7 Å². The monoisotopic (exact) mass is 594 g/mol. The van der Waals surface area contributed by atoms with E-state index in [9.17, 15) is 9.59 Å². The molecule has 2 aromatic carbocycles. The first-order chi connectivity index (χ1) is 18.6. The van der Waals surface area contributed by atoms with E-state index in [1.165, 1.54) is 0 Å². The van der Waals surface area contributed by atoms with E-state index in [-0.39, 0.29) is 12.2 Å². The molecule has 10 heteroatoms. The fourth-order valence-corrected chi connectivity index (χ4v) is 4.99. The van der Waals surface area contributed by atoms with Gasteiger partial charge in [-0.15, -0.1) is 0 Å². The lowest BCUT2D eigenvalue weighted by atomic mass is 9.99. The number of carbonyl (C=O) groups excluding carboxylic acids is 2. The number of amides is 2. The van der Waals surface area contributed by atoms with E-state index in [4.69, 9.17) is 42.1 Å². The lowest BCUT2D eigenvalue weighted by Crippen LogP contribution is -2.40. The molecule has 0 fully saturated rings. The molecule has 0 spiro atoms. The third kappa shape index (κ3) is 8.33. The van der Waals surface area contributed by atoms with Crippen molar-refractivity contribution in [3.05, 3.63) is 56.6 Å². The van der Waals surface area contributed by atoms with Gasteiger partial charge in [0.2, 0.25) is 0 Å². The van der Waals surface area contributed by atoms with Crippen LogP contribution in [-0.4, -0.2) is 60.5 Å². The fraction of sp³-hybridized carbons (Fsp3) is 0.533. The van der Waals surface area contributed by atoms with E-state index in [2.05, 4.69) is 0 Å². The number of hydrogen-bond donors (Lipinski definition) is 0. The number of halogens is 2. The van der Waals surface area contributed by atoms with Gasteiger partial charge in [0.05, 0.1) is 30.8 Å². The van der Waals surface area contributed by atoms with Crippen molar-refractivity contribution in [3.63, 3.8) is 0 Å². The molecule has 0 aromatic heterocycles. The van der Waals surface area contributed by atoms with Crippen LogP contribution in [0.5, 0.6) is 11.5 Å². The first-order valence-corrected chi connectivity index (χ1v) is 14.0. The standard InChI is InChI=1S/2C15H20ClNO3/c1-15(2,3)20-14(18)17-6-5-10-7-12(16)13(19-4)8-11(10)9-17;1-15(2,3)20-14(18)17-8-7-10-5-6-12(19-4)13(16)11(10)9-17/h7-8H,5-6,9H2,1-4H3;5-6H,7-9H2,1-4H3. The zero-order chi connectivity index (χ0) is 29.8. The lowest BCUT2D eigenvalue weighted by Gasteiger charge is -2.31. The second-order valence-electron chi connectivity index (χ2n) is 11.8. The Morgan fingerprint density at radius 2 is 1.25 bits per heavy atom. The van der Waals surface area contributed by atoms with Crippen molar-refractivity contribution < 1.29 is 28.5 Å².